The molecule has 0 aromatic heterocycles. The van der Waals surface area contributed by atoms with Gasteiger partial charge >= 0.3 is 11.9 Å². The van der Waals surface area contributed by atoms with Gasteiger partial charge in [-0.1, -0.05) is 24.3 Å². The number of hydrogen-bond acceptors (Lipinski definition) is 7. The van der Waals surface area contributed by atoms with Gasteiger partial charge in [0.2, 0.25) is 0 Å². The summed E-state index contributed by atoms with van der Waals surface area (Å²) < 4.78 is 29.8. The highest BCUT2D eigenvalue weighted by molar-refractivity contribution is 6.13. The molecule has 194 valence electrons. The van der Waals surface area contributed by atoms with E-state index in [1.807, 2.05) is 18.2 Å². The van der Waals surface area contributed by atoms with E-state index in [0.29, 0.717) is 29.1 Å². The molecule has 3 atom stereocenters. The lowest BCUT2D eigenvalue weighted by Gasteiger charge is -2.39. The zero-order valence-corrected chi connectivity index (χ0v) is 21.3. The molecule has 7 nitrogen and oxygen atoms in total. The van der Waals surface area contributed by atoms with E-state index < -0.39 is 41.3 Å². The van der Waals surface area contributed by atoms with Crippen LogP contribution in [0.4, 0.5) is 4.39 Å². The highest BCUT2D eigenvalue weighted by Crippen LogP contribution is 2.48. The lowest BCUT2D eigenvalue weighted by Crippen LogP contribution is -2.43. The molecule has 0 unspecified atom stereocenters. The number of ketones is 1. The van der Waals surface area contributed by atoms with E-state index in [9.17, 15) is 18.8 Å². The van der Waals surface area contributed by atoms with Gasteiger partial charge in [-0.25, -0.2) is 9.18 Å². The van der Waals surface area contributed by atoms with Crippen LogP contribution < -0.4 is 10.1 Å². The van der Waals surface area contributed by atoms with Gasteiger partial charge in [-0.2, -0.15) is 0 Å². The standard InChI is InChI=1S/C29H30FNO6/c1-5-36-28(33)23-16(3)31-22-15-21(18-8-7-9-20(14-18)35-4)25(29(34)37-6-2)27(32)26(22)24(23)17-10-12-19(30)13-11-17/h7-14,21,24-25,31H,5-6,15H2,1-4H3/t21-,24-,25+/m0/s1. The SMILES string of the molecule is CCOC(=O)C1=C(C)NC2=C(C(=O)[C@H](C(=O)OCC)[C@H](c3cccc(OC)c3)C2)[C@H]1c1ccc(F)cc1. The van der Waals surface area contributed by atoms with Gasteiger partial charge in [-0.15, -0.1) is 0 Å². The van der Waals surface area contributed by atoms with E-state index in [2.05, 4.69) is 5.32 Å². The van der Waals surface area contributed by atoms with Crippen molar-refractivity contribution in [2.45, 2.75) is 39.0 Å². The van der Waals surface area contributed by atoms with Crippen LogP contribution in [0.1, 0.15) is 50.2 Å². The van der Waals surface area contributed by atoms with Crippen molar-refractivity contribution in [2.75, 3.05) is 20.3 Å². The Balaban J connectivity index is 1.89. The topological polar surface area (TPSA) is 90.9 Å². The number of Topliss-reactive ketones (excluding diaryl/α,β-unsaturated/α-hetero) is 1. The minimum Gasteiger partial charge on any atom is -0.497 e. The number of esters is 2. The van der Waals surface area contributed by atoms with E-state index in [4.69, 9.17) is 14.2 Å². The summed E-state index contributed by atoms with van der Waals surface area (Å²) in [6.45, 7) is 5.39. The molecule has 1 aliphatic heterocycles. The summed E-state index contributed by atoms with van der Waals surface area (Å²) in [6.07, 6.45) is 0.322. The summed E-state index contributed by atoms with van der Waals surface area (Å²) in [4.78, 5) is 40.5. The molecule has 8 heteroatoms. The van der Waals surface area contributed by atoms with E-state index in [1.165, 1.54) is 12.1 Å². The van der Waals surface area contributed by atoms with Gasteiger partial charge < -0.3 is 19.5 Å². The number of nitrogens with one attached hydrogen (secondary N) is 1. The maximum Gasteiger partial charge on any atom is 0.336 e. The Morgan fingerprint density at radius 1 is 1.03 bits per heavy atom. The number of hydrogen-bond donors (Lipinski definition) is 1. The Kier molecular flexibility index (Phi) is 7.76. The molecule has 0 bridgehead atoms. The third-order valence-electron chi connectivity index (χ3n) is 6.78. The Morgan fingerprint density at radius 3 is 2.38 bits per heavy atom. The maximum absolute atomic E-state index is 14.2. The second kappa shape index (κ2) is 11.0. The molecule has 2 aromatic rings. The van der Waals surface area contributed by atoms with Crippen LogP contribution in [-0.4, -0.2) is 38.0 Å². The average molecular weight is 508 g/mol. The molecular weight excluding hydrogens is 477 g/mol. The fourth-order valence-corrected chi connectivity index (χ4v) is 5.19. The first kappa shape index (κ1) is 26.1. The fourth-order valence-electron chi connectivity index (χ4n) is 5.19. The van der Waals surface area contributed by atoms with Crippen LogP contribution >= 0.6 is 0 Å². The average Bonchev–Trinajstić information content (AvgIpc) is 2.88. The lowest BCUT2D eigenvalue weighted by molar-refractivity contribution is -0.152. The number of ether oxygens (including phenoxy) is 3. The van der Waals surface area contributed by atoms with Crippen molar-refractivity contribution < 1.29 is 33.0 Å². The van der Waals surface area contributed by atoms with Gasteiger partial charge in [0.05, 0.1) is 25.9 Å². The lowest BCUT2D eigenvalue weighted by atomic mass is 9.67. The van der Waals surface area contributed by atoms with Crippen molar-refractivity contribution in [1.29, 1.82) is 0 Å². The number of methoxy groups -OCH3 is 1. The molecule has 37 heavy (non-hydrogen) atoms. The highest BCUT2D eigenvalue weighted by Gasteiger charge is 2.49. The monoisotopic (exact) mass is 507 g/mol. The molecule has 0 saturated carbocycles. The fraction of sp³-hybridized carbons (Fsp3) is 0.345. The number of allylic oxidation sites excluding steroid dienone is 3. The van der Waals surface area contributed by atoms with Crippen molar-refractivity contribution >= 4 is 17.7 Å². The largest absolute Gasteiger partial charge is 0.497 e. The Bertz CT molecular complexity index is 1280. The van der Waals surface area contributed by atoms with Gasteiger partial charge in [0.25, 0.3) is 0 Å². The van der Waals surface area contributed by atoms with Gasteiger partial charge in [0, 0.05) is 28.8 Å². The summed E-state index contributed by atoms with van der Waals surface area (Å²) in [5.41, 5.74) is 3.00. The summed E-state index contributed by atoms with van der Waals surface area (Å²) in [5, 5.41) is 3.25. The zero-order chi connectivity index (χ0) is 26.7. The van der Waals surface area contributed by atoms with E-state index in [1.54, 1.807) is 46.1 Å². The molecule has 1 aliphatic carbocycles. The second-order valence-corrected chi connectivity index (χ2v) is 8.94. The summed E-state index contributed by atoms with van der Waals surface area (Å²) in [6, 6.07) is 12.9. The normalized spacial score (nSPS) is 21.2. The molecule has 4 rings (SSSR count). The van der Waals surface area contributed by atoms with Crippen molar-refractivity contribution in [3.8, 4) is 5.75 Å². The number of carbonyl (C=O) groups excluding carboxylic acids is 3. The van der Waals surface area contributed by atoms with Crippen LogP contribution in [0.15, 0.2) is 71.1 Å². The third kappa shape index (κ3) is 5.01. The molecule has 2 aliphatic rings. The van der Waals surface area contributed by atoms with E-state index >= 15 is 0 Å². The molecule has 1 N–H and O–H groups in total. The molecule has 0 saturated heterocycles. The minimum absolute atomic E-state index is 0.117. The van der Waals surface area contributed by atoms with Gasteiger partial charge in [-0.05, 0) is 62.6 Å². The predicted molar refractivity (Wildman–Crippen MR) is 134 cm³/mol. The van der Waals surface area contributed by atoms with E-state index in [-0.39, 0.29) is 24.4 Å². The first-order valence-electron chi connectivity index (χ1n) is 12.3. The van der Waals surface area contributed by atoms with Crippen LogP contribution in [0.25, 0.3) is 0 Å². The van der Waals surface area contributed by atoms with Crippen molar-refractivity contribution in [3.63, 3.8) is 0 Å². The van der Waals surface area contributed by atoms with E-state index in [0.717, 1.165) is 5.56 Å². The molecule has 0 radical (unpaired) electrons. The zero-order valence-electron chi connectivity index (χ0n) is 21.3. The molecule has 2 aromatic carbocycles. The van der Waals surface area contributed by atoms with Gasteiger partial charge in [0.15, 0.2) is 5.78 Å². The van der Waals surface area contributed by atoms with Crippen molar-refractivity contribution in [1.82, 2.24) is 5.32 Å². The highest BCUT2D eigenvalue weighted by atomic mass is 19.1. The summed E-state index contributed by atoms with van der Waals surface area (Å²) in [5.74, 6) is -3.96. The van der Waals surface area contributed by atoms with Gasteiger partial charge in [-0.3, -0.25) is 9.59 Å². The smallest absolute Gasteiger partial charge is 0.336 e. The first-order chi connectivity index (χ1) is 17.8. The number of benzene rings is 2. The molecule has 0 fully saturated rings. The Morgan fingerprint density at radius 2 is 1.73 bits per heavy atom. The number of carbonyl (C=O) groups is 3. The quantitative estimate of drug-likeness (QED) is 0.434. The third-order valence-corrected chi connectivity index (χ3v) is 6.78. The molecule has 0 amide bonds. The van der Waals surface area contributed by atoms with Crippen LogP contribution in [0.5, 0.6) is 5.75 Å². The van der Waals surface area contributed by atoms with Crippen LogP contribution in [0.3, 0.4) is 0 Å². The summed E-state index contributed by atoms with van der Waals surface area (Å²) >= 11 is 0. The Labute approximate surface area is 215 Å². The molecule has 0 spiro atoms. The second-order valence-electron chi connectivity index (χ2n) is 8.94. The first-order valence-corrected chi connectivity index (χ1v) is 12.3. The molecular formula is C29H30FNO6. The van der Waals surface area contributed by atoms with Crippen LogP contribution in [0.2, 0.25) is 0 Å². The maximum atomic E-state index is 14.2. The summed E-state index contributed by atoms with van der Waals surface area (Å²) in [7, 11) is 1.55. The number of rotatable bonds is 7. The molecule has 1 heterocycles. The number of halogens is 1. The number of dihydropyridines is 1. The minimum atomic E-state index is -1.13. The van der Waals surface area contributed by atoms with Crippen LogP contribution in [-0.2, 0) is 23.9 Å². The Hall–Kier alpha value is -3.94. The van der Waals surface area contributed by atoms with Crippen molar-refractivity contribution in [3.05, 3.63) is 88.0 Å². The van der Waals surface area contributed by atoms with Gasteiger partial charge in [0.1, 0.15) is 17.5 Å². The van der Waals surface area contributed by atoms with Crippen molar-refractivity contribution in [2.24, 2.45) is 5.92 Å². The van der Waals surface area contributed by atoms with Crippen LogP contribution in [0, 0.1) is 11.7 Å². The predicted octanol–water partition coefficient (Wildman–Crippen LogP) is 4.55.